The molecule has 3 aromatic rings. The van der Waals surface area contributed by atoms with Crippen molar-refractivity contribution in [1.82, 2.24) is 4.90 Å². The first-order valence-electron chi connectivity index (χ1n) is 9.76. The predicted molar refractivity (Wildman–Crippen MR) is 108 cm³/mol. The topological polar surface area (TPSA) is 41.9 Å². The highest BCUT2D eigenvalue weighted by atomic mass is 16.5. The molecule has 27 heavy (non-hydrogen) atoms. The number of rotatable bonds is 2. The van der Waals surface area contributed by atoms with Gasteiger partial charge in [0.25, 0.3) is 0 Å². The van der Waals surface area contributed by atoms with Crippen LogP contribution in [-0.4, -0.2) is 36.8 Å². The van der Waals surface area contributed by atoms with Crippen molar-refractivity contribution in [2.45, 2.75) is 38.3 Å². The van der Waals surface area contributed by atoms with Crippen molar-refractivity contribution in [2.24, 2.45) is 0 Å². The summed E-state index contributed by atoms with van der Waals surface area (Å²) < 4.78 is 11.2. The van der Waals surface area contributed by atoms with Crippen LogP contribution in [0.1, 0.15) is 30.4 Å². The van der Waals surface area contributed by atoms with E-state index in [0.717, 1.165) is 35.2 Å². The Kier molecular flexibility index (Phi) is 3.90. The van der Waals surface area contributed by atoms with Gasteiger partial charge in [-0.1, -0.05) is 12.5 Å². The molecule has 3 aromatic carbocycles. The van der Waals surface area contributed by atoms with Crippen LogP contribution >= 0.6 is 0 Å². The van der Waals surface area contributed by atoms with Crippen molar-refractivity contribution in [2.75, 3.05) is 20.8 Å². The highest BCUT2D eigenvalue weighted by Crippen LogP contribution is 2.43. The third-order valence-corrected chi connectivity index (χ3v) is 6.38. The van der Waals surface area contributed by atoms with Gasteiger partial charge in [0.15, 0.2) is 11.5 Å². The summed E-state index contributed by atoms with van der Waals surface area (Å²) in [5.74, 6) is 1.78. The summed E-state index contributed by atoms with van der Waals surface area (Å²) in [5, 5.41) is 14.8. The number of nitrogens with zero attached hydrogens (tertiary/aromatic N) is 1. The Morgan fingerprint density at radius 2 is 1.63 bits per heavy atom. The highest BCUT2D eigenvalue weighted by molar-refractivity contribution is 6.12. The zero-order chi connectivity index (χ0) is 18.5. The maximum absolute atomic E-state index is 10.1. The molecule has 1 N–H and O–H groups in total. The van der Waals surface area contributed by atoms with Gasteiger partial charge in [-0.05, 0) is 82.7 Å². The van der Waals surface area contributed by atoms with E-state index in [1.165, 1.54) is 47.7 Å². The molecule has 0 spiro atoms. The first-order valence-corrected chi connectivity index (χ1v) is 9.76. The van der Waals surface area contributed by atoms with Gasteiger partial charge in [0.05, 0.1) is 14.2 Å². The van der Waals surface area contributed by atoms with Gasteiger partial charge in [0.2, 0.25) is 0 Å². The number of hydrogen-bond acceptors (Lipinski definition) is 4. The first kappa shape index (κ1) is 16.7. The molecule has 0 radical (unpaired) electrons. The quantitative estimate of drug-likeness (QED) is 0.674. The molecular weight excluding hydrogens is 338 g/mol. The van der Waals surface area contributed by atoms with Crippen molar-refractivity contribution in [3.05, 3.63) is 41.5 Å². The van der Waals surface area contributed by atoms with Crippen LogP contribution < -0.4 is 9.47 Å². The average molecular weight is 363 g/mol. The number of fused-ring (bicyclic) bond motifs is 7. The number of hydrogen-bond donors (Lipinski definition) is 1. The summed E-state index contributed by atoms with van der Waals surface area (Å²) in [6.07, 6.45) is 4.98. The van der Waals surface area contributed by atoms with Gasteiger partial charge >= 0.3 is 0 Å². The molecule has 0 aromatic heterocycles. The van der Waals surface area contributed by atoms with Gasteiger partial charge < -0.3 is 14.6 Å². The monoisotopic (exact) mass is 363 g/mol. The summed E-state index contributed by atoms with van der Waals surface area (Å²) in [5.41, 5.74) is 2.84. The fraction of sp³-hybridized carbons (Fsp3) is 0.391. The van der Waals surface area contributed by atoms with Crippen LogP contribution in [0.4, 0.5) is 0 Å². The summed E-state index contributed by atoms with van der Waals surface area (Å²) in [4.78, 5) is 2.64. The molecule has 0 bridgehead atoms. The van der Waals surface area contributed by atoms with E-state index in [0.29, 0.717) is 11.8 Å². The molecule has 2 aliphatic rings. The number of piperidine rings is 1. The zero-order valence-corrected chi connectivity index (χ0v) is 15.9. The summed E-state index contributed by atoms with van der Waals surface area (Å²) in [7, 11) is 3.35. The van der Waals surface area contributed by atoms with E-state index in [4.69, 9.17) is 9.47 Å². The minimum atomic E-state index is 0.296. The van der Waals surface area contributed by atoms with E-state index in [9.17, 15) is 5.11 Å². The molecule has 1 atom stereocenters. The second-order valence-corrected chi connectivity index (χ2v) is 7.76. The van der Waals surface area contributed by atoms with E-state index < -0.39 is 0 Å². The third-order valence-electron chi connectivity index (χ3n) is 6.38. The number of phenolic OH excluding ortho intramolecular Hbond substituents is 1. The molecule has 1 fully saturated rings. The summed E-state index contributed by atoms with van der Waals surface area (Å²) in [6.45, 7) is 2.18. The molecule has 4 heteroatoms. The number of methoxy groups -OCH3 is 2. The Morgan fingerprint density at radius 1 is 0.889 bits per heavy atom. The van der Waals surface area contributed by atoms with Crippen LogP contribution in [-0.2, 0) is 13.0 Å². The number of phenols is 1. The molecule has 0 saturated carbocycles. The van der Waals surface area contributed by atoms with Crippen LogP contribution in [0.15, 0.2) is 30.3 Å². The van der Waals surface area contributed by atoms with Crippen molar-refractivity contribution >= 4 is 21.5 Å². The van der Waals surface area contributed by atoms with Crippen LogP contribution in [0.3, 0.4) is 0 Å². The standard InChI is InChI=1S/C23H25NO3/c1-26-22-11-19-17-9-14-5-3-4-8-24(14)13-21(17)16-7-6-15(25)10-18(16)20(19)12-23(22)27-2/h6-7,10-12,14,25H,3-5,8-9,13H2,1-2H3/t14-/m0/s1. The van der Waals surface area contributed by atoms with E-state index in [-0.39, 0.29) is 0 Å². The smallest absolute Gasteiger partial charge is 0.161 e. The first-order chi connectivity index (χ1) is 13.2. The molecule has 0 aliphatic carbocycles. The van der Waals surface area contributed by atoms with E-state index in [1.807, 2.05) is 6.07 Å². The molecule has 0 amide bonds. The largest absolute Gasteiger partial charge is 0.508 e. The molecule has 2 aliphatic heterocycles. The van der Waals surface area contributed by atoms with E-state index in [2.05, 4.69) is 23.1 Å². The van der Waals surface area contributed by atoms with Gasteiger partial charge in [-0.15, -0.1) is 0 Å². The average Bonchev–Trinajstić information content (AvgIpc) is 2.71. The highest BCUT2D eigenvalue weighted by Gasteiger charge is 2.31. The lowest BCUT2D eigenvalue weighted by Crippen LogP contribution is -2.43. The minimum absolute atomic E-state index is 0.296. The lowest BCUT2D eigenvalue weighted by molar-refractivity contribution is 0.128. The third kappa shape index (κ3) is 2.54. The van der Waals surface area contributed by atoms with Gasteiger partial charge in [-0.3, -0.25) is 4.90 Å². The number of benzene rings is 3. The molecule has 1 saturated heterocycles. The minimum Gasteiger partial charge on any atom is -0.508 e. The Balaban J connectivity index is 1.86. The van der Waals surface area contributed by atoms with Crippen molar-refractivity contribution < 1.29 is 14.6 Å². The van der Waals surface area contributed by atoms with Crippen molar-refractivity contribution in [3.8, 4) is 17.2 Å². The van der Waals surface area contributed by atoms with Crippen molar-refractivity contribution in [1.29, 1.82) is 0 Å². The zero-order valence-electron chi connectivity index (χ0n) is 15.9. The Hall–Kier alpha value is -2.46. The van der Waals surface area contributed by atoms with E-state index in [1.54, 1.807) is 20.3 Å². The second-order valence-electron chi connectivity index (χ2n) is 7.76. The second kappa shape index (κ2) is 6.31. The van der Waals surface area contributed by atoms with Gasteiger partial charge in [-0.2, -0.15) is 0 Å². The van der Waals surface area contributed by atoms with E-state index >= 15 is 0 Å². The molecule has 0 unspecified atom stereocenters. The van der Waals surface area contributed by atoms with Crippen LogP contribution in [0, 0.1) is 0 Å². The molecule has 2 heterocycles. The summed E-state index contributed by atoms with van der Waals surface area (Å²) >= 11 is 0. The normalized spacial score (nSPS) is 19.7. The SMILES string of the molecule is COc1cc2c3c(c4ccc(O)cc4c2cc1OC)CN1CCCC[C@H]1C3. The van der Waals surface area contributed by atoms with Gasteiger partial charge in [0, 0.05) is 12.6 Å². The van der Waals surface area contributed by atoms with Crippen LogP contribution in [0.5, 0.6) is 17.2 Å². The van der Waals surface area contributed by atoms with Crippen molar-refractivity contribution in [3.63, 3.8) is 0 Å². The Labute approximate surface area is 159 Å². The molecule has 4 nitrogen and oxygen atoms in total. The number of aromatic hydroxyl groups is 1. The lowest BCUT2D eigenvalue weighted by Gasteiger charge is -2.41. The van der Waals surface area contributed by atoms with Crippen LogP contribution in [0.2, 0.25) is 0 Å². The fourth-order valence-corrected chi connectivity index (χ4v) is 5.05. The maximum atomic E-state index is 10.1. The summed E-state index contributed by atoms with van der Waals surface area (Å²) in [6, 6.07) is 10.6. The molecular formula is C23H25NO3. The van der Waals surface area contributed by atoms with Gasteiger partial charge in [-0.25, -0.2) is 0 Å². The van der Waals surface area contributed by atoms with Crippen LogP contribution in [0.25, 0.3) is 21.5 Å². The van der Waals surface area contributed by atoms with Gasteiger partial charge in [0.1, 0.15) is 5.75 Å². The maximum Gasteiger partial charge on any atom is 0.161 e. The molecule has 5 rings (SSSR count). The Bertz CT molecular complexity index is 1040. The Morgan fingerprint density at radius 3 is 2.41 bits per heavy atom. The number of ether oxygens (including phenoxy) is 2. The lowest BCUT2D eigenvalue weighted by atomic mass is 9.82. The predicted octanol–water partition coefficient (Wildman–Crippen LogP) is 4.63. The molecule has 140 valence electrons. The fourth-order valence-electron chi connectivity index (χ4n) is 5.05.